The highest BCUT2D eigenvalue weighted by molar-refractivity contribution is 6.29. The van der Waals surface area contributed by atoms with Crippen molar-refractivity contribution < 1.29 is 4.79 Å². The summed E-state index contributed by atoms with van der Waals surface area (Å²) in [5, 5.41) is 3.42. The van der Waals surface area contributed by atoms with Gasteiger partial charge in [0.25, 0.3) is 0 Å². The standard InChI is InChI=1S/C13H17ClN4O/c1-2-11-16-10(14)6-12(17-11)18-5-3-4-8-9(18)7-15-13(8)19/h6,8-9H,2-5,7H2,1H3,(H,15,19). The number of carbonyl (C=O) groups excluding carboxylic acids is 1. The van der Waals surface area contributed by atoms with E-state index in [9.17, 15) is 4.79 Å². The molecular weight excluding hydrogens is 264 g/mol. The van der Waals surface area contributed by atoms with Crippen molar-refractivity contribution in [2.45, 2.75) is 32.2 Å². The Hall–Kier alpha value is -1.36. The number of aromatic nitrogens is 2. The average Bonchev–Trinajstić information content (AvgIpc) is 2.80. The van der Waals surface area contributed by atoms with Gasteiger partial charge in [-0.3, -0.25) is 4.79 Å². The van der Waals surface area contributed by atoms with Gasteiger partial charge in [0.2, 0.25) is 5.91 Å². The van der Waals surface area contributed by atoms with Gasteiger partial charge < -0.3 is 10.2 Å². The van der Waals surface area contributed by atoms with Crippen molar-refractivity contribution in [3.8, 4) is 0 Å². The van der Waals surface area contributed by atoms with Crippen LogP contribution < -0.4 is 10.2 Å². The fourth-order valence-electron chi connectivity index (χ4n) is 2.99. The summed E-state index contributed by atoms with van der Waals surface area (Å²) in [6.07, 6.45) is 2.73. The van der Waals surface area contributed by atoms with Crippen molar-refractivity contribution >= 4 is 23.3 Å². The van der Waals surface area contributed by atoms with Crippen molar-refractivity contribution in [3.05, 3.63) is 17.0 Å². The van der Waals surface area contributed by atoms with Crippen LogP contribution in [0, 0.1) is 5.92 Å². The van der Waals surface area contributed by atoms with Gasteiger partial charge in [-0.15, -0.1) is 0 Å². The molecule has 0 aromatic carbocycles. The molecule has 1 aromatic heterocycles. The highest BCUT2D eigenvalue weighted by Gasteiger charge is 2.41. The minimum absolute atomic E-state index is 0.0903. The van der Waals surface area contributed by atoms with Crippen LogP contribution in [0.15, 0.2) is 6.07 Å². The van der Waals surface area contributed by atoms with Crippen LogP contribution in [0.2, 0.25) is 5.15 Å². The van der Waals surface area contributed by atoms with E-state index in [1.807, 2.05) is 6.92 Å². The van der Waals surface area contributed by atoms with Gasteiger partial charge in [-0.25, -0.2) is 9.97 Å². The summed E-state index contributed by atoms with van der Waals surface area (Å²) in [5.74, 6) is 1.86. The van der Waals surface area contributed by atoms with Gasteiger partial charge in [0.05, 0.1) is 12.0 Å². The molecule has 102 valence electrons. The predicted octanol–water partition coefficient (Wildman–Crippen LogP) is 1.41. The van der Waals surface area contributed by atoms with Crippen molar-refractivity contribution in [2.75, 3.05) is 18.0 Å². The molecule has 2 atom stereocenters. The smallest absolute Gasteiger partial charge is 0.225 e. The lowest BCUT2D eigenvalue weighted by Gasteiger charge is -2.36. The van der Waals surface area contributed by atoms with E-state index in [0.29, 0.717) is 11.7 Å². The fourth-order valence-corrected chi connectivity index (χ4v) is 3.19. The van der Waals surface area contributed by atoms with Crippen molar-refractivity contribution in [1.82, 2.24) is 15.3 Å². The van der Waals surface area contributed by atoms with E-state index in [4.69, 9.17) is 11.6 Å². The van der Waals surface area contributed by atoms with Gasteiger partial charge in [0.15, 0.2) is 0 Å². The number of hydrogen-bond donors (Lipinski definition) is 1. The van der Waals surface area contributed by atoms with Crippen LogP contribution in [0.3, 0.4) is 0 Å². The second kappa shape index (κ2) is 4.96. The Labute approximate surface area is 117 Å². The molecule has 2 aliphatic heterocycles. The van der Waals surface area contributed by atoms with Crippen molar-refractivity contribution in [1.29, 1.82) is 0 Å². The summed E-state index contributed by atoms with van der Waals surface area (Å²) < 4.78 is 0. The van der Waals surface area contributed by atoms with Crippen LogP contribution in [0.4, 0.5) is 5.82 Å². The zero-order valence-corrected chi connectivity index (χ0v) is 11.7. The Morgan fingerprint density at radius 3 is 3.16 bits per heavy atom. The zero-order chi connectivity index (χ0) is 13.4. The second-order valence-electron chi connectivity index (χ2n) is 5.07. The van der Waals surface area contributed by atoms with Gasteiger partial charge in [0, 0.05) is 25.6 Å². The third-order valence-corrected chi connectivity index (χ3v) is 4.13. The topological polar surface area (TPSA) is 58.1 Å². The Morgan fingerprint density at radius 1 is 1.53 bits per heavy atom. The molecule has 6 heteroatoms. The summed E-state index contributed by atoms with van der Waals surface area (Å²) in [4.78, 5) is 22.7. The molecule has 0 saturated carbocycles. The number of fused-ring (bicyclic) bond motifs is 1. The second-order valence-corrected chi connectivity index (χ2v) is 5.46. The molecule has 2 fully saturated rings. The molecule has 5 nitrogen and oxygen atoms in total. The van der Waals surface area contributed by atoms with Gasteiger partial charge in [-0.05, 0) is 12.8 Å². The van der Waals surface area contributed by atoms with E-state index < -0.39 is 0 Å². The first-order valence-corrected chi connectivity index (χ1v) is 7.14. The maximum atomic E-state index is 11.8. The average molecular weight is 281 g/mol. The summed E-state index contributed by atoms with van der Waals surface area (Å²) in [6.45, 7) is 3.63. The molecule has 2 saturated heterocycles. The zero-order valence-electron chi connectivity index (χ0n) is 10.9. The minimum atomic E-state index is 0.0903. The van der Waals surface area contributed by atoms with Gasteiger partial charge >= 0.3 is 0 Å². The molecule has 0 spiro atoms. The first-order chi connectivity index (χ1) is 9.19. The molecule has 2 aliphatic rings. The third kappa shape index (κ3) is 2.27. The monoisotopic (exact) mass is 280 g/mol. The molecule has 19 heavy (non-hydrogen) atoms. The van der Waals surface area contributed by atoms with E-state index >= 15 is 0 Å². The van der Waals surface area contributed by atoms with Crippen LogP contribution in [0.25, 0.3) is 0 Å². The number of nitrogens with zero attached hydrogens (tertiary/aromatic N) is 3. The molecular formula is C13H17ClN4O. The number of carbonyl (C=O) groups is 1. The Bertz CT molecular complexity index is 507. The summed E-state index contributed by atoms with van der Waals surface area (Å²) in [5.41, 5.74) is 0. The Kier molecular flexibility index (Phi) is 3.31. The molecule has 1 aromatic rings. The minimum Gasteiger partial charge on any atom is -0.354 e. The number of aryl methyl sites for hydroxylation is 1. The lowest BCUT2D eigenvalue weighted by atomic mass is 9.91. The number of halogens is 1. The largest absolute Gasteiger partial charge is 0.354 e. The molecule has 1 N–H and O–H groups in total. The predicted molar refractivity (Wildman–Crippen MR) is 73.3 cm³/mol. The molecule has 1 amide bonds. The van der Waals surface area contributed by atoms with Crippen LogP contribution in [0.5, 0.6) is 0 Å². The van der Waals surface area contributed by atoms with Gasteiger partial charge in [-0.1, -0.05) is 18.5 Å². The Balaban J connectivity index is 1.92. The van der Waals surface area contributed by atoms with Crippen LogP contribution in [-0.2, 0) is 11.2 Å². The molecule has 0 aliphatic carbocycles. The third-order valence-electron chi connectivity index (χ3n) is 3.94. The summed E-state index contributed by atoms with van der Waals surface area (Å²) in [7, 11) is 0. The van der Waals surface area contributed by atoms with E-state index in [0.717, 1.165) is 37.4 Å². The molecule has 3 rings (SSSR count). The molecule has 0 bridgehead atoms. The SMILES string of the molecule is CCc1nc(Cl)cc(N2CCCC3C(=O)NCC32)n1. The maximum absolute atomic E-state index is 11.8. The highest BCUT2D eigenvalue weighted by atomic mass is 35.5. The normalized spacial score (nSPS) is 26.2. The quantitative estimate of drug-likeness (QED) is 0.832. The van der Waals surface area contributed by atoms with Crippen LogP contribution in [-0.4, -0.2) is 35.0 Å². The van der Waals surface area contributed by atoms with Crippen molar-refractivity contribution in [2.24, 2.45) is 5.92 Å². The highest BCUT2D eigenvalue weighted by Crippen LogP contribution is 2.31. The van der Waals surface area contributed by atoms with Crippen LogP contribution in [0.1, 0.15) is 25.6 Å². The number of anilines is 1. The van der Waals surface area contributed by atoms with E-state index in [1.165, 1.54) is 0 Å². The summed E-state index contributed by atoms with van der Waals surface area (Å²) >= 11 is 6.06. The number of amides is 1. The first kappa shape index (κ1) is 12.7. The number of rotatable bonds is 2. The number of piperidine rings is 1. The fraction of sp³-hybridized carbons (Fsp3) is 0.615. The van der Waals surface area contributed by atoms with Gasteiger partial charge in [0.1, 0.15) is 16.8 Å². The van der Waals surface area contributed by atoms with Gasteiger partial charge in [-0.2, -0.15) is 0 Å². The Morgan fingerprint density at radius 2 is 2.37 bits per heavy atom. The molecule has 2 unspecified atom stereocenters. The van der Waals surface area contributed by atoms with Crippen molar-refractivity contribution in [3.63, 3.8) is 0 Å². The molecule has 3 heterocycles. The number of hydrogen-bond acceptors (Lipinski definition) is 4. The van der Waals surface area contributed by atoms with E-state index in [-0.39, 0.29) is 17.9 Å². The summed E-state index contributed by atoms with van der Waals surface area (Å²) in [6, 6.07) is 2.00. The van der Waals surface area contributed by atoms with Crippen LogP contribution >= 0.6 is 11.6 Å². The van der Waals surface area contributed by atoms with E-state index in [1.54, 1.807) is 6.07 Å². The lowest BCUT2D eigenvalue weighted by Crippen LogP contribution is -2.46. The molecule has 0 radical (unpaired) electrons. The number of nitrogens with one attached hydrogen (secondary N) is 1. The lowest BCUT2D eigenvalue weighted by molar-refractivity contribution is -0.122. The first-order valence-electron chi connectivity index (χ1n) is 6.77. The maximum Gasteiger partial charge on any atom is 0.225 e. The van der Waals surface area contributed by atoms with E-state index in [2.05, 4.69) is 20.2 Å².